The van der Waals surface area contributed by atoms with Gasteiger partial charge in [-0.05, 0) is 36.8 Å². The van der Waals surface area contributed by atoms with Gasteiger partial charge in [-0.3, -0.25) is 9.59 Å². The van der Waals surface area contributed by atoms with Gasteiger partial charge >= 0.3 is 24.3 Å². The second-order valence-electron chi connectivity index (χ2n) is 9.15. The molecule has 10 nitrogen and oxygen atoms in total. The third-order valence-electron chi connectivity index (χ3n) is 6.10. The monoisotopic (exact) mass is 624 g/mol. The molecule has 0 unspecified atom stereocenters. The van der Waals surface area contributed by atoms with Gasteiger partial charge in [-0.1, -0.05) is 30.3 Å². The second-order valence-corrected chi connectivity index (χ2v) is 9.15. The lowest BCUT2D eigenvalue weighted by Gasteiger charge is -2.11. The maximum Gasteiger partial charge on any atom is 0.490 e. The molecule has 1 aliphatic rings. The van der Waals surface area contributed by atoms with Gasteiger partial charge < -0.3 is 26.2 Å². The van der Waals surface area contributed by atoms with E-state index in [0.29, 0.717) is 17.7 Å². The smallest absolute Gasteiger partial charge is 0.475 e. The molecule has 0 bridgehead atoms. The third-order valence-corrected chi connectivity index (χ3v) is 6.10. The Morgan fingerprint density at radius 1 is 0.864 bits per heavy atom. The first-order chi connectivity index (χ1) is 20.4. The van der Waals surface area contributed by atoms with Gasteiger partial charge in [0.1, 0.15) is 0 Å². The molecule has 16 heteroatoms. The molecule has 0 radical (unpaired) electrons. The molecule has 0 saturated heterocycles. The van der Waals surface area contributed by atoms with Crippen LogP contribution in [0.5, 0.6) is 0 Å². The Hall–Kier alpha value is -5.41. The van der Waals surface area contributed by atoms with Gasteiger partial charge in [0.05, 0.1) is 16.8 Å². The van der Waals surface area contributed by atoms with Gasteiger partial charge in [-0.2, -0.15) is 26.3 Å². The quantitative estimate of drug-likeness (QED) is 0.202. The van der Waals surface area contributed by atoms with Crippen LogP contribution in [0.2, 0.25) is 0 Å². The number of nitrogens with zero attached hydrogens (tertiary/aromatic N) is 1. The zero-order valence-electron chi connectivity index (χ0n) is 22.4. The Morgan fingerprint density at radius 2 is 1.48 bits per heavy atom. The third kappa shape index (κ3) is 7.90. The van der Waals surface area contributed by atoms with Crippen LogP contribution < -0.4 is 11.1 Å². The number of H-pyrrole nitrogens is 1. The number of halogens is 6. The van der Waals surface area contributed by atoms with Crippen LogP contribution in [-0.2, 0) is 16.0 Å². The van der Waals surface area contributed by atoms with E-state index in [1.54, 1.807) is 12.1 Å². The molecule has 3 heterocycles. The molecule has 1 aliphatic heterocycles. The summed E-state index contributed by atoms with van der Waals surface area (Å²) in [5.41, 5.74) is 12.8. The van der Waals surface area contributed by atoms with E-state index >= 15 is 0 Å². The van der Waals surface area contributed by atoms with E-state index < -0.39 is 30.2 Å². The van der Waals surface area contributed by atoms with Crippen molar-refractivity contribution in [1.29, 1.82) is 0 Å². The van der Waals surface area contributed by atoms with Gasteiger partial charge in [-0.25, -0.2) is 14.6 Å². The zero-order chi connectivity index (χ0) is 33.0. The van der Waals surface area contributed by atoms with Crippen LogP contribution in [0.25, 0.3) is 33.4 Å². The fourth-order valence-corrected chi connectivity index (χ4v) is 4.00. The first-order valence-corrected chi connectivity index (χ1v) is 12.3. The summed E-state index contributed by atoms with van der Waals surface area (Å²) in [6.07, 6.45) is -9.39. The van der Waals surface area contributed by atoms with Crippen LogP contribution in [0.15, 0.2) is 54.6 Å². The highest BCUT2D eigenvalue weighted by molar-refractivity contribution is 6.00. The normalized spacial score (nSPS) is 12.6. The molecule has 4 aromatic rings. The number of carbonyl (C=O) groups excluding carboxylic acids is 2. The number of hydrogen-bond donors (Lipinski definition) is 5. The van der Waals surface area contributed by atoms with Crippen molar-refractivity contribution >= 4 is 34.7 Å². The standard InChI is InChI=1S/C24H20N4O2.2C2HF3O2/c1-13-5-6-15(23(25)29)11-17(13)19-8-7-14-3-2-4-16(22(14)28-19)21-12-18-20(27-21)9-10-26-24(18)30;2*3-2(4,5)1(6)7/h2-8,11-12,27H,9-10H2,1H3,(H2,25,29)(H,26,30);2*(H,6,7). The average Bonchev–Trinajstić information content (AvgIpc) is 3.38. The number of rotatable bonds is 3. The van der Waals surface area contributed by atoms with E-state index in [1.165, 1.54) is 0 Å². The Balaban J connectivity index is 0.000000317. The first-order valence-electron chi connectivity index (χ1n) is 12.3. The molecule has 2 aromatic carbocycles. The van der Waals surface area contributed by atoms with Gasteiger partial charge in [0, 0.05) is 46.4 Å². The SMILES string of the molecule is Cc1ccc(C(N)=O)cc1-c1ccc2cccc(-c3cc4c([nH]3)CCNC4=O)c2n1.O=C(O)C(F)(F)F.O=C(O)C(F)(F)F. The topological polar surface area (TPSA) is 175 Å². The van der Waals surface area contributed by atoms with Crippen molar-refractivity contribution in [3.63, 3.8) is 0 Å². The maximum absolute atomic E-state index is 12.2. The number of nitrogens with one attached hydrogen (secondary N) is 2. The molecule has 2 amide bonds. The summed E-state index contributed by atoms with van der Waals surface area (Å²) in [6, 6.07) is 17.3. The van der Waals surface area contributed by atoms with Crippen LogP contribution in [-0.4, -0.2) is 62.8 Å². The fourth-order valence-electron chi connectivity index (χ4n) is 4.00. The summed E-state index contributed by atoms with van der Waals surface area (Å²) in [5, 5.41) is 18.1. The molecule has 0 atom stereocenters. The molecule has 232 valence electrons. The molecule has 5 rings (SSSR count). The van der Waals surface area contributed by atoms with E-state index in [-0.39, 0.29) is 5.91 Å². The lowest BCUT2D eigenvalue weighted by molar-refractivity contribution is -0.193. The minimum atomic E-state index is -5.08. The largest absolute Gasteiger partial charge is 0.490 e. The van der Waals surface area contributed by atoms with Crippen LogP contribution in [0, 0.1) is 6.92 Å². The summed E-state index contributed by atoms with van der Waals surface area (Å²) in [6.45, 7) is 2.62. The molecular formula is C28H22F6N4O6. The summed E-state index contributed by atoms with van der Waals surface area (Å²) in [4.78, 5) is 49.9. The van der Waals surface area contributed by atoms with Crippen LogP contribution in [0.1, 0.15) is 32.0 Å². The first kappa shape index (κ1) is 33.1. The van der Waals surface area contributed by atoms with Crippen LogP contribution in [0.4, 0.5) is 26.3 Å². The number of aromatic nitrogens is 2. The molecule has 2 aromatic heterocycles. The van der Waals surface area contributed by atoms with Crippen molar-refractivity contribution in [3.05, 3.63) is 77.0 Å². The highest BCUT2D eigenvalue weighted by Gasteiger charge is 2.38. The number of aryl methyl sites for hydroxylation is 1. The van der Waals surface area contributed by atoms with E-state index in [2.05, 4.69) is 10.3 Å². The number of primary amides is 1. The number of pyridine rings is 1. The number of hydrogen-bond acceptors (Lipinski definition) is 5. The lowest BCUT2D eigenvalue weighted by Crippen LogP contribution is -2.31. The minimum absolute atomic E-state index is 0.0495. The number of nitrogens with two attached hydrogens (primary N) is 1. The number of amides is 2. The van der Waals surface area contributed by atoms with Crippen molar-refractivity contribution < 1.29 is 55.7 Å². The van der Waals surface area contributed by atoms with Gasteiger partial charge in [-0.15, -0.1) is 0 Å². The number of aromatic amines is 1. The number of para-hydroxylation sites is 1. The highest BCUT2D eigenvalue weighted by atomic mass is 19.4. The summed E-state index contributed by atoms with van der Waals surface area (Å²) >= 11 is 0. The average molecular weight is 624 g/mol. The predicted octanol–water partition coefficient (Wildman–Crippen LogP) is 4.86. The number of fused-ring (bicyclic) bond motifs is 2. The summed E-state index contributed by atoms with van der Waals surface area (Å²) in [7, 11) is 0. The molecule has 0 aliphatic carbocycles. The Morgan fingerprint density at radius 3 is 2.02 bits per heavy atom. The number of aliphatic carboxylic acids is 2. The molecular weight excluding hydrogens is 602 g/mol. The predicted molar refractivity (Wildman–Crippen MR) is 144 cm³/mol. The Kier molecular flexibility index (Phi) is 9.66. The van der Waals surface area contributed by atoms with Crippen LogP contribution in [0.3, 0.4) is 0 Å². The second kappa shape index (κ2) is 12.8. The summed E-state index contributed by atoms with van der Waals surface area (Å²) in [5.74, 6) is -6.03. The number of carboxylic acids is 2. The van der Waals surface area contributed by atoms with Gasteiger partial charge in [0.15, 0.2) is 0 Å². The number of carboxylic acid groups (broad SMARTS) is 2. The Labute approximate surface area is 243 Å². The van der Waals surface area contributed by atoms with Crippen molar-refractivity contribution in [1.82, 2.24) is 15.3 Å². The minimum Gasteiger partial charge on any atom is -0.475 e. The molecule has 0 saturated carbocycles. The molecule has 44 heavy (non-hydrogen) atoms. The summed E-state index contributed by atoms with van der Waals surface area (Å²) < 4.78 is 63.5. The van der Waals surface area contributed by atoms with Gasteiger partial charge in [0.25, 0.3) is 5.91 Å². The van der Waals surface area contributed by atoms with E-state index in [1.807, 2.05) is 49.4 Å². The van der Waals surface area contributed by atoms with Crippen molar-refractivity contribution in [2.24, 2.45) is 5.73 Å². The van der Waals surface area contributed by atoms with E-state index in [0.717, 1.165) is 51.1 Å². The van der Waals surface area contributed by atoms with Crippen molar-refractivity contribution in [3.8, 4) is 22.5 Å². The Bertz CT molecular complexity index is 1720. The lowest BCUT2D eigenvalue weighted by atomic mass is 10.00. The zero-order valence-corrected chi connectivity index (χ0v) is 22.4. The number of carbonyl (C=O) groups is 4. The maximum atomic E-state index is 12.2. The van der Waals surface area contributed by atoms with Crippen molar-refractivity contribution in [2.75, 3.05) is 6.54 Å². The highest BCUT2D eigenvalue weighted by Crippen LogP contribution is 2.32. The molecule has 6 N–H and O–H groups in total. The van der Waals surface area contributed by atoms with Crippen molar-refractivity contribution in [2.45, 2.75) is 25.7 Å². The number of benzene rings is 2. The number of alkyl halides is 6. The van der Waals surface area contributed by atoms with E-state index in [9.17, 15) is 35.9 Å². The molecule has 0 fully saturated rings. The fraction of sp³-hybridized carbons (Fsp3) is 0.179. The van der Waals surface area contributed by atoms with E-state index in [4.69, 9.17) is 30.5 Å². The van der Waals surface area contributed by atoms with Crippen LogP contribution >= 0.6 is 0 Å². The molecule has 0 spiro atoms. The van der Waals surface area contributed by atoms with Gasteiger partial charge in [0.2, 0.25) is 5.91 Å².